The molecule has 1 aromatic rings. The number of nitrogens with one attached hydrogen (secondary N) is 1. The molecule has 1 saturated carbocycles. The summed E-state index contributed by atoms with van der Waals surface area (Å²) in [5, 5.41) is 12.9. The highest BCUT2D eigenvalue weighted by Gasteiger charge is 2.41. The molecular weight excluding hydrogens is 162 g/mol. The van der Waals surface area contributed by atoms with Gasteiger partial charge in [0.05, 0.1) is 0 Å². The lowest BCUT2D eigenvalue weighted by molar-refractivity contribution is 0.0992. The van der Waals surface area contributed by atoms with Crippen LogP contribution in [0.5, 0.6) is 0 Å². The number of benzene rings is 1. The van der Waals surface area contributed by atoms with Crippen LogP contribution in [0.15, 0.2) is 30.3 Å². The second-order valence-corrected chi connectivity index (χ2v) is 3.81. The summed E-state index contributed by atoms with van der Waals surface area (Å²) in [5.74, 6) is 0. The minimum absolute atomic E-state index is 0.230. The first-order chi connectivity index (χ1) is 6.20. The molecule has 70 valence electrons. The van der Waals surface area contributed by atoms with E-state index in [1.165, 1.54) is 5.56 Å². The Labute approximate surface area is 78.6 Å². The zero-order valence-electron chi connectivity index (χ0n) is 7.83. The van der Waals surface area contributed by atoms with Crippen molar-refractivity contribution in [1.82, 2.24) is 5.32 Å². The van der Waals surface area contributed by atoms with Crippen LogP contribution in [0.2, 0.25) is 0 Å². The number of hydrogen-bond acceptors (Lipinski definition) is 2. The van der Waals surface area contributed by atoms with Crippen molar-refractivity contribution in [3.8, 4) is 0 Å². The van der Waals surface area contributed by atoms with Crippen molar-refractivity contribution in [2.24, 2.45) is 0 Å². The number of aliphatic hydroxyl groups is 1. The van der Waals surface area contributed by atoms with Gasteiger partial charge in [0.1, 0.15) is 5.72 Å². The van der Waals surface area contributed by atoms with Crippen molar-refractivity contribution in [1.29, 1.82) is 0 Å². The van der Waals surface area contributed by atoms with E-state index in [1.54, 1.807) is 0 Å². The van der Waals surface area contributed by atoms with Gasteiger partial charge in [0.25, 0.3) is 0 Å². The Morgan fingerprint density at radius 2 is 1.92 bits per heavy atom. The molecule has 2 rings (SSSR count). The van der Waals surface area contributed by atoms with Gasteiger partial charge in [0.15, 0.2) is 0 Å². The Hall–Kier alpha value is -0.860. The fraction of sp³-hybridized carbons (Fsp3) is 0.455. The summed E-state index contributed by atoms with van der Waals surface area (Å²) in [4.78, 5) is 0. The number of hydrogen-bond donors (Lipinski definition) is 2. The minimum atomic E-state index is -0.574. The molecule has 1 unspecified atom stereocenters. The van der Waals surface area contributed by atoms with Gasteiger partial charge in [-0.3, -0.25) is 5.32 Å². The summed E-state index contributed by atoms with van der Waals surface area (Å²) in [5.41, 5.74) is 0.651. The molecule has 2 nitrogen and oxygen atoms in total. The van der Waals surface area contributed by atoms with Crippen LogP contribution in [0.3, 0.4) is 0 Å². The van der Waals surface area contributed by atoms with Gasteiger partial charge in [-0.2, -0.15) is 0 Å². The third-order valence-corrected chi connectivity index (χ3v) is 2.51. The fourth-order valence-corrected chi connectivity index (χ4v) is 1.49. The van der Waals surface area contributed by atoms with Gasteiger partial charge in [0.2, 0.25) is 0 Å². The van der Waals surface area contributed by atoms with Crippen LogP contribution in [0.25, 0.3) is 0 Å². The molecule has 0 spiro atoms. The molecule has 0 aromatic heterocycles. The summed E-state index contributed by atoms with van der Waals surface area (Å²) in [6.45, 7) is 2.08. The van der Waals surface area contributed by atoms with E-state index >= 15 is 0 Å². The molecule has 0 saturated heterocycles. The summed E-state index contributed by atoms with van der Waals surface area (Å²) in [7, 11) is 0. The van der Waals surface area contributed by atoms with E-state index in [1.807, 2.05) is 18.2 Å². The lowest BCUT2D eigenvalue weighted by Gasteiger charge is -2.18. The second-order valence-electron chi connectivity index (χ2n) is 3.81. The van der Waals surface area contributed by atoms with Crippen LogP contribution in [-0.2, 0) is 0 Å². The topological polar surface area (TPSA) is 32.3 Å². The van der Waals surface area contributed by atoms with Crippen LogP contribution in [0.1, 0.15) is 31.4 Å². The SMILES string of the molecule is CC(NC1(O)CC1)c1ccccc1. The van der Waals surface area contributed by atoms with Crippen molar-refractivity contribution in [3.05, 3.63) is 35.9 Å². The summed E-state index contributed by atoms with van der Waals surface area (Å²) < 4.78 is 0. The summed E-state index contributed by atoms with van der Waals surface area (Å²) >= 11 is 0. The average molecular weight is 177 g/mol. The number of rotatable bonds is 3. The quantitative estimate of drug-likeness (QED) is 0.690. The summed E-state index contributed by atoms with van der Waals surface area (Å²) in [6.07, 6.45) is 1.76. The second kappa shape index (κ2) is 3.13. The van der Waals surface area contributed by atoms with Gasteiger partial charge in [-0.15, -0.1) is 0 Å². The molecule has 0 aliphatic heterocycles. The lowest BCUT2D eigenvalue weighted by atomic mass is 10.1. The normalized spacial score (nSPS) is 21.1. The van der Waals surface area contributed by atoms with Crippen LogP contribution in [-0.4, -0.2) is 10.8 Å². The van der Waals surface area contributed by atoms with E-state index in [4.69, 9.17) is 0 Å². The van der Waals surface area contributed by atoms with Crippen molar-refractivity contribution in [2.75, 3.05) is 0 Å². The van der Waals surface area contributed by atoms with Gasteiger partial charge in [-0.25, -0.2) is 0 Å². The van der Waals surface area contributed by atoms with E-state index in [-0.39, 0.29) is 6.04 Å². The van der Waals surface area contributed by atoms with Crippen molar-refractivity contribution >= 4 is 0 Å². The third-order valence-electron chi connectivity index (χ3n) is 2.51. The maximum Gasteiger partial charge on any atom is 0.116 e. The predicted molar refractivity (Wildman–Crippen MR) is 52.2 cm³/mol. The maximum absolute atomic E-state index is 9.65. The molecule has 1 aromatic carbocycles. The molecule has 1 fully saturated rings. The minimum Gasteiger partial charge on any atom is -0.376 e. The zero-order chi connectivity index (χ0) is 9.31. The molecule has 1 atom stereocenters. The molecule has 1 aliphatic carbocycles. The van der Waals surface area contributed by atoms with Gasteiger partial charge >= 0.3 is 0 Å². The van der Waals surface area contributed by atoms with Crippen LogP contribution in [0, 0.1) is 0 Å². The average Bonchev–Trinajstić information content (AvgIpc) is 2.85. The lowest BCUT2D eigenvalue weighted by Crippen LogP contribution is -2.32. The van der Waals surface area contributed by atoms with E-state index < -0.39 is 5.72 Å². The maximum atomic E-state index is 9.65. The molecule has 2 heteroatoms. The van der Waals surface area contributed by atoms with E-state index in [2.05, 4.69) is 24.4 Å². The zero-order valence-corrected chi connectivity index (χ0v) is 7.83. The monoisotopic (exact) mass is 177 g/mol. The van der Waals surface area contributed by atoms with Gasteiger partial charge in [-0.1, -0.05) is 30.3 Å². The van der Waals surface area contributed by atoms with Crippen molar-refractivity contribution < 1.29 is 5.11 Å². The smallest absolute Gasteiger partial charge is 0.116 e. The van der Waals surface area contributed by atoms with Crippen LogP contribution < -0.4 is 5.32 Å². The van der Waals surface area contributed by atoms with Crippen LogP contribution in [0.4, 0.5) is 0 Å². The van der Waals surface area contributed by atoms with E-state index in [9.17, 15) is 5.11 Å². The largest absolute Gasteiger partial charge is 0.376 e. The Balaban J connectivity index is 2.01. The first-order valence-corrected chi connectivity index (χ1v) is 4.75. The Morgan fingerprint density at radius 3 is 2.46 bits per heavy atom. The fourth-order valence-electron chi connectivity index (χ4n) is 1.49. The van der Waals surface area contributed by atoms with Gasteiger partial charge in [-0.05, 0) is 25.3 Å². The molecule has 0 heterocycles. The first kappa shape index (κ1) is 8.73. The van der Waals surface area contributed by atoms with Gasteiger partial charge < -0.3 is 5.11 Å². The molecule has 0 radical (unpaired) electrons. The molecule has 13 heavy (non-hydrogen) atoms. The molecular formula is C11H15NO. The molecule has 1 aliphatic rings. The highest BCUT2D eigenvalue weighted by atomic mass is 16.3. The predicted octanol–water partition coefficient (Wildman–Crippen LogP) is 1.82. The summed E-state index contributed by atoms with van der Waals surface area (Å²) in [6, 6.07) is 10.4. The molecule has 0 amide bonds. The Morgan fingerprint density at radius 1 is 1.31 bits per heavy atom. The molecule has 0 bridgehead atoms. The molecule has 2 N–H and O–H groups in total. The highest BCUT2D eigenvalue weighted by molar-refractivity contribution is 5.18. The van der Waals surface area contributed by atoms with E-state index in [0.29, 0.717) is 0 Å². The van der Waals surface area contributed by atoms with Crippen molar-refractivity contribution in [2.45, 2.75) is 31.5 Å². The van der Waals surface area contributed by atoms with Gasteiger partial charge in [0, 0.05) is 6.04 Å². The Kier molecular flexibility index (Phi) is 2.10. The standard InChI is InChI=1S/C11H15NO/c1-9(12-11(13)7-8-11)10-5-3-2-4-6-10/h2-6,9,12-13H,7-8H2,1H3. The highest BCUT2D eigenvalue weighted by Crippen LogP contribution is 2.34. The Bertz CT molecular complexity index is 279. The van der Waals surface area contributed by atoms with E-state index in [0.717, 1.165) is 12.8 Å². The first-order valence-electron chi connectivity index (χ1n) is 4.75. The van der Waals surface area contributed by atoms with Crippen molar-refractivity contribution in [3.63, 3.8) is 0 Å². The van der Waals surface area contributed by atoms with Crippen LogP contribution >= 0.6 is 0 Å². The third kappa shape index (κ3) is 2.08.